The number of amides is 1. The van der Waals surface area contributed by atoms with Crippen molar-refractivity contribution in [1.82, 2.24) is 14.7 Å². The van der Waals surface area contributed by atoms with E-state index in [0.29, 0.717) is 41.0 Å². The highest BCUT2D eigenvalue weighted by Crippen LogP contribution is 2.31. The lowest BCUT2D eigenvalue weighted by atomic mass is 9.94. The summed E-state index contributed by atoms with van der Waals surface area (Å²) < 4.78 is 16.6. The van der Waals surface area contributed by atoms with E-state index in [-0.39, 0.29) is 18.4 Å². The number of hydrogen-bond donors (Lipinski definition) is 0. The maximum absolute atomic E-state index is 13.1. The van der Waals surface area contributed by atoms with E-state index in [9.17, 15) is 14.4 Å². The molecule has 4 rings (SSSR count). The van der Waals surface area contributed by atoms with Gasteiger partial charge < -0.3 is 23.7 Å². The monoisotopic (exact) mass is 643 g/mol. The molecule has 44 heavy (non-hydrogen) atoms. The number of rotatable bonds is 13. The molecule has 0 aliphatic carbocycles. The average Bonchev–Trinajstić information content (AvgIpc) is 3.54. The van der Waals surface area contributed by atoms with E-state index >= 15 is 0 Å². The van der Waals surface area contributed by atoms with Crippen molar-refractivity contribution < 1.29 is 28.3 Å². The molecule has 0 N–H and O–H groups in total. The number of piperazine rings is 1. The normalized spacial score (nSPS) is 16.1. The molecule has 2 heterocycles. The van der Waals surface area contributed by atoms with Gasteiger partial charge in [0.05, 0.1) is 16.3 Å². The zero-order valence-corrected chi connectivity index (χ0v) is 26.8. The van der Waals surface area contributed by atoms with Gasteiger partial charge >= 0.3 is 11.9 Å². The Hall–Kier alpha value is -3.37. The van der Waals surface area contributed by atoms with Crippen LogP contribution in [-0.2, 0) is 19.1 Å². The first-order chi connectivity index (χ1) is 21.1. The van der Waals surface area contributed by atoms with Gasteiger partial charge in [-0.25, -0.2) is 0 Å². The summed E-state index contributed by atoms with van der Waals surface area (Å²) in [5.74, 6) is -0.264. The molecule has 3 aromatic rings. The molecule has 236 valence electrons. The Labute approximate surface area is 268 Å². The predicted molar refractivity (Wildman–Crippen MR) is 169 cm³/mol. The first-order valence-electron chi connectivity index (χ1n) is 14.7. The van der Waals surface area contributed by atoms with Crippen LogP contribution in [0.5, 0.6) is 0 Å². The summed E-state index contributed by atoms with van der Waals surface area (Å²) in [6.45, 7) is 6.83. The number of hydrogen-bond acceptors (Lipinski definition) is 8. The van der Waals surface area contributed by atoms with Crippen LogP contribution in [0.3, 0.4) is 0 Å². The molecule has 1 saturated heterocycles. The van der Waals surface area contributed by atoms with Gasteiger partial charge in [-0.3, -0.25) is 19.3 Å². The third-order valence-corrected chi connectivity index (χ3v) is 8.56. The molecule has 11 heteroatoms. The maximum atomic E-state index is 13.1. The maximum Gasteiger partial charge on any atom is 0.303 e. The standard InChI is InChI=1S/C33H39Cl2N3O6/c1-23(39)43-22-31(44-24(2)40)32(30-10-7-19-42-30)38-17-15-37(16-18-38)14-13-27(26-11-12-28(34)29(35)20-26)21-36(3)33(41)25-8-5-4-6-9-25/h4-12,19-20,27,31-32H,13-18,21-22H2,1-3H3. The second-order valence-electron chi connectivity index (χ2n) is 11.0. The summed E-state index contributed by atoms with van der Waals surface area (Å²) in [7, 11) is 1.82. The van der Waals surface area contributed by atoms with E-state index in [1.54, 1.807) is 23.3 Å². The quantitative estimate of drug-likeness (QED) is 0.220. The predicted octanol–water partition coefficient (Wildman–Crippen LogP) is 5.69. The van der Waals surface area contributed by atoms with Gasteiger partial charge in [-0.15, -0.1) is 0 Å². The van der Waals surface area contributed by atoms with Crippen LogP contribution >= 0.6 is 23.2 Å². The lowest BCUT2D eigenvalue weighted by molar-refractivity contribution is -0.162. The summed E-state index contributed by atoms with van der Waals surface area (Å²) in [5.41, 5.74) is 1.67. The summed E-state index contributed by atoms with van der Waals surface area (Å²) >= 11 is 12.6. The number of halogens is 2. The van der Waals surface area contributed by atoms with Crippen molar-refractivity contribution in [2.24, 2.45) is 0 Å². The molecule has 0 bridgehead atoms. The van der Waals surface area contributed by atoms with Crippen LogP contribution in [0, 0.1) is 0 Å². The van der Waals surface area contributed by atoms with E-state index in [1.807, 2.05) is 55.6 Å². The van der Waals surface area contributed by atoms with Crippen molar-refractivity contribution in [2.45, 2.75) is 38.3 Å². The van der Waals surface area contributed by atoms with Gasteiger partial charge in [-0.1, -0.05) is 47.5 Å². The molecule has 0 radical (unpaired) electrons. The number of furan rings is 1. The molecule has 1 fully saturated rings. The average molecular weight is 645 g/mol. The smallest absolute Gasteiger partial charge is 0.303 e. The van der Waals surface area contributed by atoms with E-state index in [1.165, 1.54) is 13.8 Å². The molecular weight excluding hydrogens is 605 g/mol. The SMILES string of the molecule is CC(=O)OCC(OC(C)=O)C(c1ccco1)N1CCN(CCC(CN(C)C(=O)c2ccccc2)c2ccc(Cl)c(Cl)c2)CC1. The zero-order chi connectivity index (χ0) is 31.6. The lowest BCUT2D eigenvalue weighted by Crippen LogP contribution is -2.51. The minimum atomic E-state index is -0.717. The molecular formula is C33H39Cl2N3O6. The minimum Gasteiger partial charge on any atom is -0.468 e. The van der Waals surface area contributed by atoms with Gasteiger partial charge in [0.15, 0.2) is 6.10 Å². The summed E-state index contributed by atoms with van der Waals surface area (Å²) in [6.07, 6.45) is 1.66. The van der Waals surface area contributed by atoms with Gasteiger partial charge in [-0.2, -0.15) is 0 Å². The topological polar surface area (TPSA) is 92.5 Å². The van der Waals surface area contributed by atoms with Crippen molar-refractivity contribution >= 4 is 41.0 Å². The number of likely N-dealkylation sites (N-methyl/N-ethyl adjacent to an activating group) is 1. The van der Waals surface area contributed by atoms with Crippen LogP contribution in [0.15, 0.2) is 71.3 Å². The molecule has 1 amide bonds. The highest BCUT2D eigenvalue weighted by Gasteiger charge is 2.36. The fourth-order valence-electron chi connectivity index (χ4n) is 5.61. The first kappa shape index (κ1) is 33.5. The molecule has 1 aliphatic rings. The van der Waals surface area contributed by atoms with Crippen LogP contribution in [0.25, 0.3) is 0 Å². The fraction of sp³-hybridized carbons (Fsp3) is 0.424. The van der Waals surface area contributed by atoms with Crippen LogP contribution in [0.1, 0.15) is 53.9 Å². The molecule has 2 aromatic carbocycles. The summed E-state index contributed by atoms with van der Waals surface area (Å²) in [6, 6.07) is 18.1. The number of nitrogens with zero attached hydrogens (tertiary/aromatic N) is 3. The van der Waals surface area contributed by atoms with Gasteiger partial charge in [0.1, 0.15) is 18.4 Å². The van der Waals surface area contributed by atoms with Crippen LogP contribution in [0.4, 0.5) is 0 Å². The fourth-order valence-corrected chi connectivity index (χ4v) is 5.91. The second kappa shape index (κ2) is 16.1. The number of ether oxygens (including phenoxy) is 2. The Kier molecular flexibility index (Phi) is 12.3. The second-order valence-corrected chi connectivity index (χ2v) is 11.8. The highest BCUT2D eigenvalue weighted by molar-refractivity contribution is 6.42. The van der Waals surface area contributed by atoms with E-state index in [0.717, 1.165) is 31.6 Å². The first-order valence-corrected chi connectivity index (χ1v) is 15.4. The number of benzene rings is 2. The molecule has 1 aromatic heterocycles. The van der Waals surface area contributed by atoms with E-state index in [4.69, 9.17) is 37.1 Å². The highest BCUT2D eigenvalue weighted by atomic mass is 35.5. The van der Waals surface area contributed by atoms with Crippen molar-refractivity contribution in [3.63, 3.8) is 0 Å². The Morgan fingerprint density at radius 3 is 2.27 bits per heavy atom. The van der Waals surface area contributed by atoms with Gasteiger partial charge in [-0.05, 0) is 54.9 Å². The Morgan fingerprint density at radius 1 is 0.932 bits per heavy atom. The Balaban J connectivity index is 1.43. The number of esters is 2. The lowest BCUT2D eigenvalue weighted by Gasteiger charge is -2.41. The van der Waals surface area contributed by atoms with Crippen molar-refractivity contribution in [1.29, 1.82) is 0 Å². The molecule has 0 saturated carbocycles. The third kappa shape index (κ3) is 9.32. The molecule has 3 unspecified atom stereocenters. The van der Waals surface area contributed by atoms with Gasteiger partial charge in [0, 0.05) is 65.1 Å². The number of carbonyl (C=O) groups excluding carboxylic acids is 3. The van der Waals surface area contributed by atoms with Crippen molar-refractivity contribution in [3.05, 3.63) is 93.9 Å². The van der Waals surface area contributed by atoms with Crippen molar-refractivity contribution in [3.8, 4) is 0 Å². The number of carbonyl (C=O) groups is 3. The van der Waals surface area contributed by atoms with E-state index < -0.39 is 24.1 Å². The van der Waals surface area contributed by atoms with Gasteiger partial charge in [0.2, 0.25) is 0 Å². The summed E-state index contributed by atoms with van der Waals surface area (Å²) in [5, 5.41) is 0.978. The molecule has 1 aliphatic heterocycles. The Bertz CT molecular complexity index is 1380. The Morgan fingerprint density at radius 2 is 1.66 bits per heavy atom. The largest absolute Gasteiger partial charge is 0.468 e. The van der Waals surface area contributed by atoms with Crippen molar-refractivity contribution in [2.75, 3.05) is 52.9 Å². The zero-order valence-electron chi connectivity index (χ0n) is 25.3. The minimum absolute atomic E-state index is 0.0356. The van der Waals surface area contributed by atoms with Gasteiger partial charge in [0.25, 0.3) is 5.91 Å². The van der Waals surface area contributed by atoms with Crippen LogP contribution in [0.2, 0.25) is 10.0 Å². The molecule has 9 nitrogen and oxygen atoms in total. The molecule has 0 spiro atoms. The third-order valence-electron chi connectivity index (χ3n) is 7.83. The van der Waals surface area contributed by atoms with Crippen LogP contribution < -0.4 is 0 Å². The summed E-state index contributed by atoms with van der Waals surface area (Å²) in [4.78, 5) is 43.0. The van der Waals surface area contributed by atoms with Crippen LogP contribution in [-0.4, -0.2) is 91.6 Å². The molecule has 3 atom stereocenters. The van der Waals surface area contributed by atoms with E-state index in [2.05, 4.69) is 9.80 Å².